The van der Waals surface area contributed by atoms with Gasteiger partial charge in [0.1, 0.15) is 5.75 Å². The predicted molar refractivity (Wildman–Crippen MR) is 99.8 cm³/mol. The van der Waals surface area contributed by atoms with E-state index in [1.54, 1.807) is 0 Å². The number of ether oxygens (including phenoxy) is 2. The molecule has 0 unspecified atom stereocenters. The Morgan fingerprint density at radius 1 is 1.28 bits per heavy atom. The van der Waals surface area contributed by atoms with E-state index in [2.05, 4.69) is 31.3 Å². The number of carbonyl (C=O) groups excluding carboxylic acids is 1. The minimum absolute atomic E-state index is 0.0643. The predicted octanol–water partition coefficient (Wildman–Crippen LogP) is 2.62. The first kappa shape index (κ1) is 19.7. The molecular formula is C20H32N2O3. The fraction of sp³-hybridized carbons (Fsp3) is 0.650. The zero-order valence-corrected chi connectivity index (χ0v) is 15.7. The average Bonchev–Trinajstić information content (AvgIpc) is 2.61. The van der Waals surface area contributed by atoms with Crippen molar-refractivity contribution in [1.29, 1.82) is 0 Å². The number of carbonyl (C=O) groups is 1. The molecule has 1 aliphatic heterocycles. The molecule has 3 N–H and O–H groups in total. The highest BCUT2D eigenvalue weighted by Gasteiger charge is 2.35. The summed E-state index contributed by atoms with van der Waals surface area (Å²) in [5, 5.41) is 3.09. The van der Waals surface area contributed by atoms with Crippen molar-refractivity contribution in [2.75, 3.05) is 26.4 Å². The van der Waals surface area contributed by atoms with Crippen LogP contribution in [0.15, 0.2) is 24.3 Å². The van der Waals surface area contributed by atoms with Gasteiger partial charge in [0.2, 0.25) is 5.91 Å². The quantitative estimate of drug-likeness (QED) is 0.757. The molecule has 0 saturated carbocycles. The van der Waals surface area contributed by atoms with Crippen LogP contribution < -0.4 is 15.8 Å². The van der Waals surface area contributed by atoms with Crippen LogP contribution in [0, 0.1) is 5.92 Å². The standard InChI is InChI=1S/C20H32N2O3/c1-4-25-17-7-5-16(6-8-17)20(9-11-24-12-10-20)14-22-19(23)18(21)13-15(2)3/h5-8,15,18H,4,9-14,21H2,1-3H3,(H,22,23)/t18-/m0/s1. The minimum atomic E-state index is -0.447. The highest BCUT2D eigenvalue weighted by Crippen LogP contribution is 2.35. The van der Waals surface area contributed by atoms with Crippen LogP contribution in [0.25, 0.3) is 0 Å². The van der Waals surface area contributed by atoms with Gasteiger partial charge in [-0.1, -0.05) is 26.0 Å². The molecule has 25 heavy (non-hydrogen) atoms. The number of rotatable bonds is 8. The second kappa shape index (κ2) is 9.20. The van der Waals surface area contributed by atoms with Gasteiger partial charge in [-0.25, -0.2) is 0 Å². The van der Waals surface area contributed by atoms with Gasteiger partial charge >= 0.3 is 0 Å². The van der Waals surface area contributed by atoms with E-state index >= 15 is 0 Å². The molecule has 140 valence electrons. The topological polar surface area (TPSA) is 73.6 Å². The van der Waals surface area contributed by atoms with Crippen LogP contribution in [0.5, 0.6) is 5.75 Å². The summed E-state index contributed by atoms with van der Waals surface area (Å²) in [5.41, 5.74) is 7.13. The van der Waals surface area contributed by atoms with Crippen molar-refractivity contribution in [2.45, 2.75) is 51.5 Å². The summed E-state index contributed by atoms with van der Waals surface area (Å²) in [7, 11) is 0. The third-order valence-electron chi connectivity index (χ3n) is 4.89. The van der Waals surface area contributed by atoms with Crippen LogP contribution >= 0.6 is 0 Å². The largest absolute Gasteiger partial charge is 0.494 e. The van der Waals surface area contributed by atoms with Gasteiger partial charge in [-0.15, -0.1) is 0 Å². The molecule has 0 aliphatic carbocycles. The molecule has 1 aromatic rings. The molecule has 1 heterocycles. The molecular weight excluding hydrogens is 316 g/mol. The first-order valence-electron chi connectivity index (χ1n) is 9.31. The molecule has 1 fully saturated rings. The molecule has 1 aliphatic rings. The van der Waals surface area contributed by atoms with Gasteiger partial charge < -0.3 is 20.5 Å². The summed E-state index contributed by atoms with van der Waals surface area (Å²) >= 11 is 0. The molecule has 0 bridgehead atoms. The maximum atomic E-state index is 12.3. The molecule has 0 spiro atoms. The van der Waals surface area contributed by atoms with Crippen molar-refractivity contribution in [2.24, 2.45) is 11.7 Å². The summed E-state index contributed by atoms with van der Waals surface area (Å²) in [5.74, 6) is 1.21. The van der Waals surface area contributed by atoms with Crippen LogP contribution in [0.2, 0.25) is 0 Å². The van der Waals surface area contributed by atoms with Crippen molar-refractivity contribution in [3.8, 4) is 5.75 Å². The lowest BCUT2D eigenvalue weighted by Gasteiger charge is -2.38. The minimum Gasteiger partial charge on any atom is -0.494 e. The van der Waals surface area contributed by atoms with Gasteiger partial charge in [0.05, 0.1) is 12.6 Å². The van der Waals surface area contributed by atoms with E-state index in [-0.39, 0.29) is 11.3 Å². The van der Waals surface area contributed by atoms with Gasteiger partial charge in [0, 0.05) is 25.2 Å². The van der Waals surface area contributed by atoms with Gasteiger partial charge in [0.15, 0.2) is 0 Å². The van der Waals surface area contributed by atoms with E-state index in [1.807, 2.05) is 19.1 Å². The number of hydrogen-bond donors (Lipinski definition) is 2. The zero-order chi connectivity index (χ0) is 18.3. The maximum Gasteiger partial charge on any atom is 0.236 e. The lowest BCUT2D eigenvalue weighted by Crippen LogP contribution is -2.49. The second-order valence-electron chi connectivity index (χ2n) is 7.30. The summed E-state index contributed by atoms with van der Waals surface area (Å²) in [4.78, 5) is 12.3. The molecule has 1 saturated heterocycles. The van der Waals surface area contributed by atoms with E-state index in [4.69, 9.17) is 15.2 Å². The maximum absolute atomic E-state index is 12.3. The van der Waals surface area contributed by atoms with E-state index in [9.17, 15) is 4.79 Å². The highest BCUT2D eigenvalue weighted by atomic mass is 16.5. The third-order valence-corrected chi connectivity index (χ3v) is 4.89. The summed E-state index contributed by atoms with van der Waals surface area (Å²) < 4.78 is 11.1. The Balaban J connectivity index is 2.08. The second-order valence-corrected chi connectivity index (χ2v) is 7.30. The Kier molecular flexibility index (Phi) is 7.26. The highest BCUT2D eigenvalue weighted by molar-refractivity contribution is 5.81. The number of benzene rings is 1. The molecule has 5 heteroatoms. The molecule has 1 amide bonds. The van der Waals surface area contributed by atoms with Gasteiger partial charge in [-0.3, -0.25) is 4.79 Å². The number of nitrogens with two attached hydrogens (primary N) is 1. The Hall–Kier alpha value is -1.59. The molecule has 1 atom stereocenters. The molecule has 0 aromatic heterocycles. The normalized spacial score (nSPS) is 18.0. The van der Waals surface area contributed by atoms with Crippen LogP contribution in [0.1, 0.15) is 45.6 Å². The summed E-state index contributed by atoms with van der Waals surface area (Å²) in [6, 6.07) is 7.77. The van der Waals surface area contributed by atoms with Gasteiger partial charge in [-0.05, 0) is 49.8 Å². The van der Waals surface area contributed by atoms with Crippen molar-refractivity contribution in [1.82, 2.24) is 5.32 Å². The Morgan fingerprint density at radius 3 is 2.48 bits per heavy atom. The zero-order valence-electron chi connectivity index (χ0n) is 15.7. The van der Waals surface area contributed by atoms with Crippen molar-refractivity contribution < 1.29 is 14.3 Å². The van der Waals surface area contributed by atoms with E-state index in [0.29, 0.717) is 38.7 Å². The smallest absolute Gasteiger partial charge is 0.236 e. The van der Waals surface area contributed by atoms with Gasteiger partial charge in [0.25, 0.3) is 0 Å². The monoisotopic (exact) mass is 348 g/mol. The van der Waals surface area contributed by atoms with Gasteiger partial charge in [-0.2, -0.15) is 0 Å². The number of nitrogens with one attached hydrogen (secondary N) is 1. The summed E-state index contributed by atoms with van der Waals surface area (Å²) in [6.07, 6.45) is 2.48. The van der Waals surface area contributed by atoms with E-state index in [0.717, 1.165) is 18.6 Å². The van der Waals surface area contributed by atoms with Crippen molar-refractivity contribution >= 4 is 5.91 Å². The fourth-order valence-electron chi connectivity index (χ4n) is 3.40. The van der Waals surface area contributed by atoms with Crippen LogP contribution in [-0.4, -0.2) is 38.3 Å². The SMILES string of the molecule is CCOc1ccc(C2(CNC(=O)[C@@H](N)CC(C)C)CCOCC2)cc1. The summed E-state index contributed by atoms with van der Waals surface area (Å²) in [6.45, 7) is 8.79. The van der Waals surface area contributed by atoms with Crippen LogP contribution in [0.4, 0.5) is 0 Å². The molecule has 0 radical (unpaired) electrons. The van der Waals surface area contributed by atoms with E-state index in [1.165, 1.54) is 5.56 Å². The molecule has 1 aromatic carbocycles. The van der Waals surface area contributed by atoms with E-state index < -0.39 is 6.04 Å². The van der Waals surface area contributed by atoms with Crippen LogP contribution in [0.3, 0.4) is 0 Å². The van der Waals surface area contributed by atoms with Crippen LogP contribution in [-0.2, 0) is 14.9 Å². The number of hydrogen-bond acceptors (Lipinski definition) is 4. The molecule has 2 rings (SSSR count). The fourth-order valence-corrected chi connectivity index (χ4v) is 3.40. The first-order valence-corrected chi connectivity index (χ1v) is 9.31. The van der Waals surface area contributed by atoms with Crippen molar-refractivity contribution in [3.63, 3.8) is 0 Å². The Morgan fingerprint density at radius 2 is 1.92 bits per heavy atom. The third kappa shape index (κ3) is 5.44. The number of amides is 1. The molecule has 5 nitrogen and oxygen atoms in total. The lowest BCUT2D eigenvalue weighted by atomic mass is 9.74. The Bertz CT molecular complexity index is 536. The van der Waals surface area contributed by atoms with Crippen molar-refractivity contribution in [3.05, 3.63) is 29.8 Å². The first-order chi connectivity index (χ1) is 12.0. The Labute approximate surface area is 151 Å². The lowest BCUT2D eigenvalue weighted by molar-refractivity contribution is -0.123. The average molecular weight is 348 g/mol.